The summed E-state index contributed by atoms with van der Waals surface area (Å²) >= 11 is 0. The van der Waals surface area contributed by atoms with Crippen molar-refractivity contribution in [3.05, 3.63) is 35.0 Å². The summed E-state index contributed by atoms with van der Waals surface area (Å²) in [6.07, 6.45) is 4.62. The smallest absolute Gasteiger partial charge is 0.177 e. The molecule has 8 heteroatoms. The summed E-state index contributed by atoms with van der Waals surface area (Å²) in [7, 11) is 0. The van der Waals surface area contributed by atoms with Crippen molar-refractivity contribution in [3.63, 3.8) is 0 Å². The lowest BCUT2D eigenvalue weighted by Crippen LogP contribution is -2.33. The van der Waals surface area contributed by atoms with E-state index in [-0.39, 0.29) is 0 Å². The number of fused-ring (bicyclic) bond motifs is 1. The van der Waals surface area contributed by atoms with Crippen molar-refractivity contribution in [3.8, 4) is 0 Å². The number of aromatic nitrogens is 6. The van der Waals surface area contributed by atoms with Crippen LogP contribution in [0.5, 0.6) is 0 Å². The normalized spacial score (nSPS) is 19.7. The molecule has 0 amide bonds. The highest BCUT2D eigenvalue weighted by Crippen LogP contribution is 2.39. The van der Waals surface area contributed by atoms with Gasteiger partial charge in [-0.3, -0.25) is 4.90 Å². The van der Waals surface area contributed by atoms with Gasteiger partial charge in [0.25, 0.3) is 0 Å². The zero-order valence-electron chi connectivity index (χ0n) is 14.3. The van der Waals surface area contributed by atoms with Crippen LogP contribution >= 0.6 is 0 Å². The highest BCUT2D eigenvalue weighted by Gasteiger charge is 2.28. The van der Waals surface area contributed by atoms with E-state index < -0.39 is 0 Å². The molecule has 1 aliphatic heterocycles. The van der Waals surface area contributed by atoms with Gasteiger partial charge in [-0.15, -0.1) is 10.2 Å². The topological polar surface area (TPSA) is 85.2 Å². The van der Waals surface area contributed by atoms with Crippen LogP contribution < -0.4 is 0 Å². The fourth-order valence-electron chi connectivity index (χ4n) is 3.63. The molecule has 0 unspecified atom stereocenters. The average Bonchev–Trinajstić information content (AvgIpc) is 3.29. The molecule has 3 aromatic heterocycles. The molecular formula is C17H21N7O. The molecular weight excluding hydrogens is 318 g/mol. The molecule has 0 radical (unpaired) electrons. The summed E-state index contributed by atoms with van der Waals surface area (Å²) in [6, 6.07) is 4.15. The minimum atomic E-state index is 0.407. The van der Waals surface area contributed by atoms with Gasteiger partial charge in [-0.25, -0.2) is 4.63 Å². The third-order valence-electron chi connectivity index (χ3n) is 5.38. The van der Waals surface area contributed by atoms with Crippen molar-refractivity contribution in [1.29, 1.82) is 0 Å². The van der Waals surface area contributed by atoms with E-state index in [1.165, 1.54) is 18.5 Å². The quantitative estimate of drug-likeness (QED) is 0.719. The summed E-state index contributed by atoms with van der Waals surface area (Å²) in [5, 5.41) is 21.4. The zero-order chi connectivity index (χ0) is 16.8. The molecule has 5 rings (SSSR count). The van der Waals surface area contributed by atoms with Gasteiger partial charge in [0, 0.05) is 18.4 Å². The molecule has 0 aromatic carbocycles. The molecule has 0 atom stereocenters. The maximum absolute atomic E-state index is 4.81. The van der Waals surface area contributed by atoms with Gasteiger partial charge < -0.3 is 0 Å². The lowest BCUT2D eigenvalue weighted by molar-refractivity contribution is 0.194. The van der Waals surface area contributed by atoms with Crippen LogP contribution in [-0.2, 0) is 6.54 Å². The summed E-state index contributed by atoms with van der Waals surface area (Å²) in [5.41, 5.74) is 3.84. The Morgan fingerprint density at radius 2 is 1.88 bits per heavy atom. The summed E-state index contributed by atoms with van der Waals surface area (Å²) in [5.74, 6) is 2.06. The van der Waals surface area contributed by atoms with Crippen molar-refractivity contribution in [2.75, 3.05) is 13.1 Å². The maximum Gasteiger partial charge on any atom is 0.177 e. The maximum atomic E-state index is 4.81. The highest BCUT2D eigenvalue weighted by molar-refractivity contribution is 5.38. The Kier molecular flexibility index (Phi) is 3.51. The minimum Gasteiger partial charge on any atom is -0.297 e. The fraction of sp³-hybridized carbons (Fsp3) is 0.588. The average molecular weight is 339 g/mol. The van der Waals surface area contributed by atoms with Gasteiger partial charge in [0.2, 0.25) is 0 Å². The molecule has 0 bridgehead atoms. The molecule has 0 N–H and O–H groups in total. The SMILES string of the molecule is Cc1nonc1CN1CCC(c2nnc3ccc(C4CC4)nn23)CC1. The van der Waals surface area contributed by atoms with Gasteiger partial charge in [0.15, 0.2) is 11.5 Å². The third kappa shape index (κ3) is 2.80. The first-order valence-corrected chi connectivity index (χ1v) is 9.00. The summed E-state index contributed by atoms with van der Waals surface area (Å²) in [4.78, 5) is 2.40. The van der Waals surface area contributed by atoms with Gasteiger partial charge in [-0.05, 0) is 57.8 Å². The van der Waals surface area contributed by atoms with Crippen molar-refractivity contribution < 1.29 is 4.63 Å². The molecule has 0 spiro atoms. The second kappa shape index (κ2) is 5.87. The third-order valence-corrected chi connectivity index (χ3v) is 5.38. The Morgan fingerprint density at radius 3 is 2.60 bits per heavy atom. The van der Waals surface area contributed by atoms with Crippen LogP contribution in [0.15, 0.2) is 16.8 Å². The van der Waals surface area contributed by atoms with Crippen molar-refractivity contribution in [2.45, 2.75) is 51.0 Å². The lowest BCUT2D eigenvalue weighted by atomic mass is 9.96. The second-order valence-corrected chi connectivity index (χ2v) is 7.21. The molecule has 2 fully saturated rings. The van der Waals surface area contributed by atoms with E-state index in [4.69, 9.17) is 9.73 Å². The van der Waals surface area contributed by atoms with Crippen LogP contribution in [0.1, 0.15) is 60.4 Å². The molecule has 25 heavy (non-hydrogen) atoms. The number of rotatable bonds is 4. The van der Waals surface area contributed by atoms with Crippen LogP contribution in [0.25, 0.3) is 5.65 Å². The van der Waals surface area contributed by atoms with Crippen LogP contribution in [0.2, 0.25) is 0 Å². The van der Waals surface area contributed by atoms with E-state index in [1.54, 1.807) is 0 Å². The van der Waals surface area contributed by atoms with Crippen molar-refractivity contribution >= 4 is 5.65 Å². The van der Waals surface area contributed by atoms with Crippen LogP contribution in [-0.4, -0.2) is 48.1 Å². The number of likely N-dealkylation sites (tertiary alicyclic amines) is 1. The second-order valence-electron chi connectivity index (χ2n) is 7.21. The number of hydrogen-bond acceptors (Lipinski definition) is 7. The first-order valence-electron chi connectivity index (χ1n) is 9.00. The Balaban J connectivity index is 1.31. The molecule has 2 aliphatic rings. The van der Waals surface area contributed by atoms with E-state index in [0.29, 0.717) is 11.8 Å². The van der Waals surface area contributed by atoms with Gasteiger partial charge in [0.1, 0.15) is 11.4 Å². The van der Waals surface area contributed by atoms with Gasteiger partial charge in [0.05, 0.1) is 5.69 Å². The Hall–Kier alpha value is -2.35. The zero-order valence-corrected chi connectivity index (χ0v) is 14.3. The van der Waals surface area contributed by atoms with Gasteiger partial charge >= 0.3 is 0 Å². The molecule has 3 aromatic rings. The van der Waals surface area contributed by atoms with E-state index in [9.17, 15) is 0 Å². The Morgan fingerprint density at radius 1 is 1.04 bits per heavy atom. The van der Waals surface area contributed by atoms with Crippen LogP contribution in [0, 0.1) is 6.92 Å². The van der Waals surface area contributed by atoms with E-state index in [2.05, 4.69) is 31.5 Å². The van der Waals surface area contributed by atoms with E-state index >= 15 is 0 Å². The number of piperidine rings is 1. The Bertz CT molecular complexity index is 889. The minimum absolute atomic E-state index is 0.407. The summed E-state index contributed by atoms with van der Waals surface area (Å²) < 4.78 is 6.77. The predicted molar refractivity (Wildman–Crippen MR) is 89.0 cm³/mol. The molecule has 1 saturated carbocycles. The highest BCUT2D eigenvalue weighted by atomic mass is 16.6. The van der Waals surface area contributed by atoms with Crippen molar-refractivity contribution in [2.24, 2.45) is 0 Å². The monoisotopic (exact) mass is 339 g/mol. The van der Waals surface area contributed by atoms with E-state index in [1.807, 2.05) is 17.5 Å². The van der Waals surface area contributed by atoms with Gasteiger partial charge in [-0.1, -0.05) is 10.3 Å². The number of hydrogen-bond donors (Lipinski definition) is 0. The van der Waals surface area contributed by atoms with Crippen LogP contribution in [0.4, 0.5) is 0 Å². The molecule has 4 heterocycles. The van der Waals surface area contributed by atoms with Crippen molar-refractivity contribution in [1.82, 2.24) is 35.0 Å². The number of aryl methyl sites for hydroxylation is 1. The molecule has 130 valence electrons. The predicted octanol–water partition coefficient (Wildman–Crippen LogP) is 2.07. The van der Waals surface area contributed by atoms with E-state index in [0.717, 1.165) is 55.3 Å². The number of nitrogens with zero attached hydrogens (tertiary/aromatic N) is 7. The standard InChI is InChI=1S/C17H21N7O/c1-11-15(22-25-21-11)10-23-8-6-13(7-9-23)17-19-18-16-5-4-14(12-2-3-12)20-24(16)17/h4-5,12-13H,2-3,6-10H2,1H3. The molecule has 1 saturated heterocycles. The molecule has 1 aliphatic carbocycles. The lowest BCUT2D eigenvalue weighted by Gasteiger charge is -2.30. The Labute approximate surface area is 145 Å². The van der Waals surface area contributed by atoms with Crippen LogP contribution in [0.3, 0.4) is 0 Å². The molecule has 8 nitrogen and oxygen atoms in total. The largest absolute Gasteiger partial charge is 0.297 e. The van der Waals surface area contributed by atoms with Gasteiger partial charge in [-0.2, -0.15) is 9.61 Å². The first-order chi connectivity index (χ1) is 12.3. The summed E-state index contributed by atoms with van der Waals surface area (Å²) in [6.45, 7) is 4.75. The fourth-order valence-corrected chi connectivity index (χ4v) is 3.63. The first kappa shape index (κ1) is 14.9.